The lowest BCUT2D eigenvalue weighted by atomic mass is 9.76. The summed E-state index contributed by atoms with van der Waals surface area (Å²) in [4.78, 5) is 24.5. The Morgan fingerprint density at radius 2 is 1.95 bits per heavy atom. The van der Waals surface area contributed by atoms with E-state index in [1.165, 1.54) is 4.57 Å². The fourth-order valence-corrected chi connectivity index (χ4v) is 5.71. The van der Waals surface area contributed by atoms with Crippen LogP contribution in [-0.2, 0) is 16.1 Å². The van der Waals surface area contributed by atoms with Crippen molar-refractivity contribution >= 4 is 34.3 Å². The number of rotatable bonds is 8. The number of anilines is 1. The van der Waals surface area contributed by atoms with Gasteiger partial charge in [-0.2, -0.15) is 0 Å². The van der Waals surface area contributed by atoms with Crippen LogP contribution in [0.15, 0.2) is 75.9 Å². The number of oxazole rings is 1. The fraction of sp³-hybridized carbons (Fsp3) is 0.355. The van der Waals surface area contributed by atoms with Gasteiger partial charge in [0.15, 0.2) is 12.2 Å². The maximum atomic E-state index is 12.6. The zero-order chi connectivity index (χ0) is 27.5. The maximum Gasteiger partial charge on any atom is 0.419 e. The van der Waals surface area contributed by atoms with Gasteiger partial charge in [-0.25, -0.2) is 4.79 Å². The van der Waals surface area contributed by atoms with E-state index in [9.17, 15) is 9.59 Å². The van der Waals surface area contributed by atoms with E-state index in [4.69, 9.17) is 25.5 Å². The number of carbonyl (C=O) groups excluding carboxylic acids is 1. The lowest BCUT2D eigenvalue weighted by Crippen LogP contribution is -2.31. The Balaban J connectivity index is 1.23. The van der Waals surface area contributed by atoms with Crippen LogP contribution < -0.4 is 15.8 Å². The molecule has 7 nitrogen and oxygen atoms in total. The first-order valence-electron chi connectivity index (χ1n) is 13.4. The average molecular weight is 549 g/mol. The van der Waals surface area contributed by atoms with Gasteiger partial charge in [-0.05, 0) is 66.6 Å². The minimum Gasteiger partial charge on any atom is -0.484 e. The summed E-state index contributed by atoms with van der Waals surface area (Å²) in [6.45, 7) is 7.27. The quantitative estimate of drug-likeness (QED) is 0.262. The Morgan fingerprint density at radius 1 is 1.13 bits per heavy atom. The van der Waals surface area contributed by atoms with E-state index in [1.807, 2.05) is 49.4 Å². The van der Waals surface area contributed by atoms with Gasteiger partial charge in [0.2, 0.25) is 0 Å². The molecule has 3 aromatic carbocycles. The predicted octanol–water partition coefficient (Wildman–Crippen LogP) is 6.80. The number of nitrogens with zero attached hydrogens (tertiary/aromatic N) is 1. The van der Waals surface area contributed by atoms with E-state index in [0.29, 0.717) is 47.5 Å². The molecule has 39 heavy (non-hydrogen) atoms. The number of fused-ring (bicyclic) bond motifs is 1. The van der Waals surface area contributed by atoms with Crippen LogP contribution in [0.1, 0.15) is 50.3 Å². The smallest absolute Gasteiger partial charge is 0.419 e. The van der Waals surface area contributed by atoms with E-state index in [2.05, 4.69) is 25.2 Å². The molecule has 1 aliphatic heterocycles. The van der Waals surface area contributed by atoms with Crippen LogP contribution in [0.4, 0.5) is 5.69 Å². The first-order valence-corrected chi connectivity index (χ1v) is 13.7. The predicted molar refractivity (Wildman–Crippen MR) is 153 cm³/mol. The third-order valence-corrected chi connectivity index (χ3v) is 7.79. The number of hydrogen-bond acceptors (Lipinski definition) is 5. The van der Waals surface area contributed by atoms with Crippen molar-refractivity contribution in [1.82, 2.24) is 4.57 Å². The molecule has 1 aromatic heterocycles. The first-order chi connectivity index (χ1) is 18.8. The third-order valence-electron chi connectivity index (χ3n) is 7.45. The van der Waals surface area contributed by atoms with Crippen molar-refractivity contribution in [3.05, 3.63) is 93.4 Å². The van der Waals surface area contributed by atoms with Gasteiger partial charge in [-0.1, -0.05) is 55.8 Å². The molecule has 1 aliphatic rings. The minimum atomic E-state index is -0.416. The summed E-state index contributed by atoms with van der Waals surface area (Å²) in [5.74, 6) is 0.832. The highest BCUT2D eigenvalue weighted by Crippen LogP contribution is 2.45. The minimum absolute atomic E-state index is 0.0714. The van der Waals surface area contributed by atoms with Gasteiger partial charge in [0.05, 0.1) is 18.2 Å². The Hall–Kier alpha value is -3.55. The second-order valence-electron chi connectivity index (χ2n) is 10.3. The molecule has 4 aromatic rings. The van der Waals surface area contributed by atoms with Gasteiger partial charge in [0, 0.05) is 29.2 Å². The number of halogens is 1. The summed E-state index contributed by atoms with van der Waals surface area (Å²) in [5, 5.41) is 3.59. The second kappa shape index (κ2) is 11.7. The molecule has 0 bridgehead atoms. The zero-order valence-corrected chi connectivity index (χ0v) is 23.1. The molecule has 3 atom stereocenters. The molecule has 0 unspecified atom stereocenters. The second-order valence-corrected chi connectivity index (χ2v) is 10.7. The zero-order valence-electron chi connectivity index (χ0n) is 22.4. The van der Waals surface area contributed by atoms with Crippen molar-refractivity contribution in [2.75, 3.05) is 18.5 Å². The van der Waals surface area contributed by atoms with Crippen LogP contribution in [0.25, 0.3) is 11.1 Å². The summed E-state index contributed by atoms with van der Waals surface area (Å²) in [6.07, 6.45) is 0.906. The number of carbonyl (C=O) groups is 1. The molecule has 2 heterocycles. The van der Waals surface area contributed by atoms with Crippen molar-refractivity contribution in [2.24, 2.45) is 11.8 Å². The molecule has 5 rings (SSSR count). The number of aromatic nitrogens is 1. The van der Waals surface area contributed by atoms with Crippen LogP contribution >= 0.6 is 11.6 Å². The molecule has 1 N–H and O–H groups in total. The number of amides is 1. The highest BCUT2D eigenvalue weighted by molar-refractivity contribution is 6.31. The monoisotopic (exact) mass is 548 g/mol. The molecule has 0 radical (unpaired) electrons. The van der Waals surface area contributed by atoms with Crippen LogP contribution in [0.5, 0.6) is 5.75 Å². The van der Waals surface area contributed by atoms with E-state index >= 15 is 0 Å². The average Bonchev–Trinajstić information content (AvgIpc) is 3.26. The van der Waals surface area contributed by atoms with Crippen LogP contribution in [0, 0.1) is 11.8 Å². The van der Waals surface area contributed by atoms with E-state index in [0.717, 1.165) is 22.6 Å². The van der Waals surface area contributed by atoms with Crippen molar-refractivity contribution < 1.29 is 18.7 Å². The third kappa shape index (κ3) is 5.89. The molecule has 1 amide bonds. The van der Waals surface area contributed by atoms with Crippen molar-refractivity contribution in [3.63, 3.8) is 0 Å². The molecular formula is C31H33ClN2O5. The first kappa shape index (κ1) is 27.0. The Labute approximate surface area is 232 Å². The lowest BCUT2D eigenvalue weighted by molar-refractivity contribution is -0.118. The standard InChI is InChI=1S/C31H33ClN2O5/c1-4-34-27-13-12-22(16-28(27)39-31(34)36)33-29(35)18-37-23-9-7-8-20(14-23)30-25(19(2)3)15-21(17-38-30)24-10-5-6-11-26(24)32/h5-14,16,19,21,25,30H,4,15,17-18H2,1-3H3,(H,33,35)/t21-,25-,30-/m0/s1. The highest BCUT2D eigenvalue weighted by atomic mass is 35.5. The molecule has 0 aliphatic carbocycles. The van der Waals surface area contributed by atoms with Crippen LogP contribution in [0.2, 0.25) is 5.02 Å². The van der Waals surface area contributed by atoms with Gasteiger partial charge in [-0.3, -0.25) is 9.36 Å². The van der Waals surface area contributed by atoms with Crippen molar-refractivity contribution in [2.45, 2.75) is 45.8 Å². The number of aryl methyl sites for hydroxylation is 1. The maximum absolute atomic E-state index is 12.6. The molecule has 204 valence electrons. The van der Waals surface area contributed by atoms with Gasteiger partial charge in [0.1, 0.15) is 5.75 Å². The molecule has 0 spiro atoms. The molecule has 1 fully saturated rings. The Kier molecular flexibility index (Phi) is 8.10. The van der Waals surface area contributed by atoms with E-state index in [-0.39, 0.29) is 24.5 Å². The van der Waals surface area contributed by atoms with E-state index < -0.39 is 5.76 Å². The van der Waals surface area contributed by atoms with Gasteiger partial charge in [-0.15, -0.1) is 0 Å². The van der Waals surface area contributed by atoms with Gasteiger partial charge >= 0.3 is 5.76 Å². The summed E-state index contributed by atoms with van der Waals surface area (Å²) < 4.78 is 19.1. The Morgan fingerprint density at radius 3 is 2.72 bits per heavy atom. The number of benzene rings is 3. The largest absolute Gasteiger partial charge is 0.484 e. The molecule has 1 saturated heterocycles. The molecule has 0 saturated carbocycles. The SMILES string of the molecule is CCn1c(=O)oc2cc(NC(=O)COc3cccc([C@@H]4OC[C@@H](c5ccccc5Cl)C[C@H]4C(C)C)c3)ccc21. The summed E-state index contributed by atoms with van der Waals surface area (Å²) in [5.41, 5.74) is 3.82. The van der Waals surface area contributed by atoms with Crippen molar-refractivity contribution in [1.29, 1.82) is 0 Å². The summed E-state index contributed by atoms with van der Waals surface area (Å²) in [7, 11) is 0. The van der Waals surface area contributed by atoms with Crippen LogP contribution in [0.3, 0.4) is 0 Å². The number of hydrogen-bond donors (Lipinski definition) is 1. The molecular weight excluding hydrogens is 516 g/mol. The molecule has 8 heteroatoms. The van der Waals surface area contributed by atoms with Crippen LogP contribution in [-0.4, -0.2) is 23.7 Å². The summed E-state index contributed by atoms with van der Waals surface area (Å²) >= 11 is 6.49. The highest BCUT2D eigenvalue weighted by Gasteiger charge is 2.35. The van der Waals surface area contributed by atoms with Crippen molar-refractivity contribution in [3.8, 4) is 5.75 Å². The van der Waals surface area contributed by atoms with Gasteiger partial charge in [0.25, 0.3) is 5.91 Å². The fourth-order valence-electron chi connectivity index (χ4n) is 5.42. The number of ether oxygens (including phenoxy) is 2. The van der Waals surface area contributed by atoms with Gasteiger partial charge < -0.3 is 19.2 Å². The normalized spacial score (nSPS) is 19.4. The lowest BCUT2D eigenvalue weighted by Gasteiger charge is -2.39. The van der Waals surface area contributed by atoms with E-state index in [1.54, 1.807) is 18.2 Å². The Bertz CT molecular complexity index is 1520. The number of nitrogens with one attached hydrogen (secondary N) is 1. The topological polar surface area (TPSA) is 82.7 Å². The summed E-state index contributed by atoms with van der Waals surface area (Å²) in [6, 6.07) is 20.9.